The Morgan fingerprint density at radius 2 is 1.90 bits per heavy atom. The molecule has 1 N–H and O–H groups in total. The van der Waals surface area contributed by atoms with Crippen molar-refractivity contribution < 1.29 is 4.79 Å². The number of benzene rings is 1. The summed E-state index contributed by atoms with van der Waals surface area (Å²) in [5.41, 5.74) is 3.29. The summed E-state index contributed by atoms with van der Waals surface area (Å²) < 4.78 is 4.02. The highest BCUT2D eigenvalue weighted by molar-refractivity contribution is 6.04. The normalized spacial score (nSPS) is 15.7. The first kappa shape index (κ1) is 18.0. The van der Waals surface area contributed by atoms with Crippen molar-refractivity contribution in [2.24, 2.45) is 0 Å². The van der Waals surface area contributed by atoms with Crippen molar-refractivity contribution >= 4 is 11.7 Å². The van der Waals surface area contributed by atoms with Crippen molar-refractivity contribution in [3.05, 3.63) is 72.6 Å². The molecule has 3 aromatic heterocycles. The molecule has 6 rings (SSSR count). The Balaban J connectivity index is 1.22. The number of aromatic nitrogens is 6. The highest BCUT2D eigenvalue weighted by Crippen LogP contribution is 2.39. The number of hydrogen-bond acceptors (Lipinski definition) is 5. The lowest BCUT2D eigenvalue weighted by atomic mass is 10.2. The van der Waals surface area contributed by atoms with Crippen LogP contribution in [0.3, 0.4) is 0 Å². The average Bonchev–Trinajstić information content (AvgIpc) is 3.73. The number of nitrogens with zero attached hydrogens (tertiary/aromatic N) is 6. The van der Waals surface area contributed by atoms with E-state index in [1.54, 1.807) is 18.5 Å². The van der Waals surface area contributed by atoms with Crippen LogP contribution in [0, 0.1) is 0 Å². The second-order valence-electron chi connectivity index (χ2n) is 8.19. The number of hydrogen-bond donors (Lipinski definition) is 1. The number of rotatable bonds is 6. The molecule has 2 fully saturated rings. The maximum Gasteiger partial charge on any atom is 0.256 e. The van der Waals surface area contributed by atoms with Crippen molar-refractivity contribution in [2.45, 2.75) is 37.6 Å². The predicted molar refractivity (Wildman–Crippen MR) is 115 cm³/mol. The molecule has 4 aromatic rings. The van der Waals surface area contributed by atoms with Crippen LogP contribution in [0.15, 0.2) is 61.3 Å². The molecule has 8 nitrogen and oxygen atoms in total. The van der Waals surface area contributed by atoms with Crippen LogP contribution in [-0.2, 0) is 0 Å². The standard InChI is InChI=1S/C23H21N7O/c31-23(16-3-1-4-18(11-16)29-12-20(24-13-29)15-7-8-15)27-21-6-2-5-19(26-21)22-28-25-14-30(22)17-9-10-17/h1-6,11-15,17H,7-10H2,(H,26,27,31). The molecule has 2 aliphatic carbocycles. The third-order valence-corrected chi connectivity index (χ3v) is 5.74. The van der Waals surface area contributed by atoms with Crippen LogP contribution in [0.4, 0.5) is 5.82 Å². The predicted octanol–water partition coefficient (Wildman–Crippen LogP) is 3.99. The van der Waals surface area contributed by atoms with E-state index in [2.05, 4.69) is 36.2 Å². The number of carbonyl (C=O) groups is 1. The molecule has 0 atom stereocenters. The maximum absolute atomic E-state index is 12.9. The minimum absolute atomic E-state index is 0.210. The molecule has 1 amide bonds. The van der Waals surface area contributed by atoms with Crippen molar-refractivity contribution in [1.82, 2.24) is 29.3 Å². The Bertz CT molecular complexity index is 1270. The molecule has 2 saturated carbocycles. The first-order chi connectivity index (χ1) is 15.2. The van der Waals surface area contributed by atoms with Crippen molar-refractivity contribution in [1.29, 1.82) is 0 Å². The Labute approximate surface area is 179 Å². The van der Waals surface area contributed by atoms with E-state index in [-0.39, 0.29) is 5.91 Å². The van der Waals surface area contributed by atoms with Crippen LogP contribution >= 0.6 is 0 Å². The van der Waals surface area contributed by atoms with E-state index in [9.17, 15) is 4.79 Å². The molecule has 0 saturated heterocycles. The molecule has 3 heterocycles. The van der Waals surface area contributed by atoms with E-state index >= 15 is 0 Å². The van der Waals surface area contributed by atoms with Gasteiger partial charge in [-0.15, -0.1) is 10.2 Å². The van der Waals surface area contributed by atoms with Gasteiger partial charge in [0.05, 0.1) is 12.0 Å². The monoisotopic (exact) mass is 411 g/mol. The SMILES string of the molecule is O=C(Nc1cccc(-c2nncn2C2CC2)n1)c1cccc(-n2cnc(C3CC3)c2)c1. The van der Waals surface area contributed by atoms with Crippen LogP contribution in [0.2, 0.25) is 0 Å². The lowest BCUT2D eigenvalue weighted by molar-refractivity contribution is 0.102. The fourth-order valence-corrected chi connectivity index (χ4v) is 3.74. The number of anilines is 1. The summed E-state index contributed by atoms with van der Waals surface area (Å²) in [5, 5.41) is 11.2. The molecule has 31 heavy (non-hydrogen) atoms. The van der Waals surface area contributed by atoms with Crippen LogP contribution < -0.4 is 5.32 Å². The molecule has 0 radical (unpaired) electrons. The first-order valence-electron chi connectivity index (χ1n) is 10.6. The largest absolute Gasteiger partial charge is 0.309 e. The molecule has 0 unspecified atom stereocenters. The van der Waals surface area contributed by atoms with Gasteiger partial charge in [0.25, 0.3) is 5.91 Å². The fourth-order valence-electron chi connectivity index (χ4n) is 3.74. The Morgan fingerprint density at radius 3 is 2.74 bits per heavy atom. The van der Waals surface area contributed by atoms with E-state index < -0.39 is 0 Å². The maximum atomic E-state index is 12.9. The van der Waals surface area contributed by atoms with E-state index in [1.165, 1.54) is 12.8 Å². The fraction of sp³-hybridized carbons (Fsp3) is 0.261. The molecule has 0 bridgehead atoms. The minimum Gasteiger partial charge on any atom is -0.309 e. The summed E-state index contributed by atoms with van der Waals surface area (Å²) in [6.07, 6.45) is 10.3. The highest BCUT2D eigenvalue weighted by atomic mass is 16.1. The number of carbonyl (C=O) groups excluding carboxylic acids is 1. The lowest BCUT2D eigenvalue weighted by Gasteiger charge is -2.09. The number of amides is 1. The van der Waals surface area contributed by atoms with Gasteiger partial charge in [-0.05, 0) is 56.0 Å². The number of pyridine rings is 1. The molecular weight excluding hydrogens is 390 g/mol. The summed E-state index contributed by atoms with van der Waals surface area (Å²) >= 11 is 0. The molecular formula is C23H21N7O. The van der Waals surface area contributed by atoms with Crippen molar-refractivity contribution in [3.8, 4) is 17.2 Å². The molecule has 8 heteroatoms. The quantitative estimate of drug-likeness (QED) is 0.518. The van der Waals surface area contributed by atoms with Gasteiger partial charge in [0.1, 0.15) is 17.8 Å². The smallest absolute Gasteiger partial charge is 0.256 e. The summed E-state index contributed by atoms with van der Waals surface area (Å²) in [4.78, 5) is 22.0. The van der Waals surface area contributed by atoms with Crippen LogP contribution in [0.1, 0.15) is 53.7 Å². The Morgan fingerprint density at radius 1 is 1.03 bits per heavy atom. The van der Waals surface area contributed by atoms with Gasteiger partial charge in [-0.1, -0.05) is 12.1 Å². The highest BCUT2D eigenvalue weighted by Gasteiger charge is 2.27. The molecule has 0 spiro atoms. The Kier molecular flexibility index (Phi) is 4.15. The van der Waals surface area contributed by atoms with E-state index in [1.807, 2.05) is 41.2 Å². The average molecular weight is 411 g/mol. The molecule has 1 aromatic carbocycles. The summed E-state index contributed by atoms with van der Waals surface area (Å²) in [5.74, 6) is 1.60. The lowest BCUT2D eigenvalue weighted by Crippen LogP contribution is -2.13. The van der Waals surface area contributed by atoms with Gasteiger partial charge in [0, 0.05) is 29.4 Å². The first-order valence-corrected chi connectivity index (χ1v) is 10.6. The Hall–Kier alpha value is -3.81. The summed E-state index contributed by atoms with van der Waals surface area (Å²) in [6, 6.07) is 13.5. The van der Waals surface area contributed by atoms with Crippen LogP contribution in [0.5, 0.6) is 0 Å². The number of nitrogens with one attached hydrogen (secondary N) is 1. The third kappa shape index (κ3) is 3.61. The molecule has 154 valence electrons. The van der Waals surface area contributed by atoms with Crippen molar-refractivity contribution in [2.75, 3.05) is 5.32 Å². The van der Waals surface area contributed by atoms with Gasteiger partial charge >= 0.3 is 0 Å². The van der Waals surface area contributed by atoms with Gasteiger partial charge in [-0.25, -0.2) is 9.97 Å². The van der Waals surface area contributed by atoms with Crippen LogP contribution in [-0.4, -0.2) is 35.2 Å². The van der Waals surface area contributed by atoms with E-state index in [0.29, 0.717) is 29.0 Å². The zero-order valence-electron chi connectivity index (χ0n) is 16.8. The summed E-state index contributed by atoms with van der Waals surface area (Å²) in [7, 11) is 0. The second-order valence-corrected chi connectivity index (χ2v) is 8.19. The van der Waals surface area contributed by atoms with Gasteiger partial charge in [-0.2, -0.15) is 0 Å². The van der Waals surface area contributed by atoms with Gasteiger partial charge in [0.15, 0.2) is 5.82 Å². The zero-order valence-corrected chi connectivity index (χ0v) is 16.8. The zero-order chi connectivity index (χ0) is 20.8. The minimum atomic E-state index is -0.210. The molecule has 2 aliphatic rings. The van der Waals surface area contributed by atoms with Gasteiger partial charge in [-0.3, -0.25) is 4.79 Å². The number of imidazole rings is 1. The topological polar surface area (TPSA) is 90.5 Å². The van der Waals surface area contributed by atoms with E-state index in [4.69, 9.17) is 0 Å². The molecule has 0 aliphatic heterocycles. The summed E-state index contributed by atoms with van der Waals surface area (Å²) in [6.45, 7) is 0. The van der Waals surface area contributed by atoms with Crippen molar-refractivity contribution in [3.63, 3.8) is 0 Å². The van der Waals surface area contributed by atoms with Gasteiger partial charge in [0.2, 0.25) is 0 Å². The van der Waals surface area contributed by atoms with Gasteiger partial charge < -0.3 is 14.5 Å². The third-order valence-electron chi connectivity index (χ3n) is 5.74. The van der Waals surface area contributed by atoms with Crippen LogP contribution in [0.25, 0.3) is 17.2 Å². The van der Waals surface area contributed by atoms with E-state index in [0.717, 1.165) is 30.0 Å². The second kappa shape index (κ2) is 7.16.